The summed E-state index contributed by atoms with van der Waals surface area (Å²) < 4.78 is 66.7. The fourth-order valence-corrected chi connectivity index (χ4v) is 1.78. The Bertz CT molecular complexity index is 417. The van der Waals surface area contributed by atoms with Gasteiger partial charge in [-0.05, 0) is 0 Å². The minimum absolute atomic E-state index is 2.64. The normalized spacial score (nSPS) is 17.5. The molecular formula is CH5F2O12P3. The van der Waals surface area contributed by atoms with Crippen LogP contribution in [0, 0.1) is 0 Å². The number of halogens is 2. The van der Waals surface area contributed by atoms with Crippen LogP contribution >= 0.6 is 23.5 Å². The lowest BCUT2D eigenvalue weighted by molar-refractivity contribution is -0.328. The summed E-state index contributed by atoms with van der Waals surface area (Å²) in [4.78, 5) is 40.4. The first-order chi connectivity index (χ1) is 7.62. The lowest BCUT2D eigenvalue weighted by Crippen LogP contribution is -2.22. The van der Waals surface area contributed by atoms with Crippen molar-refractivity contribution in [1.82, 2.24) is 0 Å². The maximum atomic E-state index is 12.4. The zero-order valence-corrected chi connectivity index (χ0v) is 10.4. The summed E-state index contributed by atoms with van der Waals surface area (Å²) in [6.07, 6.45) is -5.29. The van der Waals surface area contributed by atoms with Gasteiger partial charge in [0.05, 0.1) is 0 Å². The van der Waals surface area contributed by atoms with Crippen molar-refractivity contribution >= 4 is 23.5 Å². The molecule has 0 saturated heterocycles. The molecule has 0 heterocycles. The van der Waals surface area contributed by atoms with E-state index >= 15 is 0 Å². The summed E-state index contributed by atoms with van der Waals surface area (Å²) in [7, 11) is -17.2. The lowest BCUT2D eigenvalue weighted by Gasteiger charge is -2.18. The van der Waals surface area contributed by atoms with Crippen molar-refractivity contribution in [3.05, 3.63) is 0 Å². The smallest absolute Gasteiger partial charge is 0.302 e. The van der Waals surface area contributed by atoms with Crippen molar-refractivity contribution in [2.75, 3.05) is 0 Å². The van der Waals surface area contributed by atoms with Gasteiger partial charge in [-0.25, -0.2) is 13.7 Å². The van der Waals surface area contributed by atoms with E-state index in [1.54, 1.807) is 0 Å². The van der Waals surface area contributed by atoms with E-state index in [1.165, 1.54) is 0 Å². The van der Waals surface area contributed by atoms with E-state index in [1.807, 2.05) is 0 Å². The van der Waals surface area contributed by atoms with Crippen molar-refractivity contribution in [2.24, 2.45) is 0 Å². The van der Waals surface area contributed by atoms with Gasteiger partial charge in [0.15, 0.2) is 0 Å². The van der Waals surface area contributed by atoms with Crippen molar-refractivity contribution < 1.29 is 65.3 Å². The fourth-order valence-electron chi connectivity index (χ4n) is 0.390. The number of alkyl halides is 2. The summed E-state index contributed by atoms with van der Waals surface area (Å²) in [6, 6.07) is 0. The van der Waals surface area contributed by atoms with Crippen LogP contribution in [0.4, 0.5) is 8.78 Å². The molecule has 18 heavy (non-hydrogen) atoms. The van der Waals surface area contributed by atoms with Gasteiger partial charge in [-0.15, -0.1) is 18.1 Å². The van der Waals surface area contributed by atoms with Crippen LogP contribution in [0.3, 0.4) is 0 Å². The monoisotopic (exact) mass is 340 g/mol. The molecule has 0 fully saturated rings. The first kappa shape index (κ1) is 18.2. The second kappa shape index (κ2) is 5.67. The Labute approximate surface area is 96.1 Å². The topological polar surface area (TPSA) is 189 Å². The highest BCUT2D eigenvalue weighted by Crippen LogP contribution is 2.55. The molecule has 0 bridgehead atoms. The highest BCUT2D eigenvalue weighted by atomic mass is 31.2. The Morgan fingerprint density at radius 2 is 1.22 bits per heavy atom. The number of phosphoric ester groups is 2. The van der Waals surface area contributed by atoms with Gasteiger partial charge in [0.2, 0.25) is 0 Å². The van der Waals surface area contributed by atoms with E-state index in [2.05, 4.69) is 18.4 Å². The average Bonchev–Trinajstić information content (AvgIpc) is 1.91. The van der Waals surface area contributed by atoms with Crippen molar-refractivity contribution in [2.45, 2.75) is 6.29 Å². The van der Waals surface area contributed by atoms with Gasteiger partial charge < -0.3 is 24.5 Å². The maximum Gasteiger partial charge on any atom is 0.506 e. The van der Waals surface area contributed by atoms with E-state index in [9.17, 15) is 22.5 Å². The number of hydrogen-bond acceptors (Lipinski definition) is 7. The molecule has 1 unspecified atom stereocenters. The summed E-state index contributed by atoms with van der Waals surface area (Å²) in [6.45, 7) is 0. The van der Waals surface area contributed by atoms with E-state index < -0.39 is 29.8 Å². The highest BCUT2D eigenvalue weighted by Gasteiger charge is 2.48. The molecule has 0 aliphatic heterocycles. The molecule has 0 radical (unpaired) electrons. The maximum absolute atomic E-state index is 12.4. The van der Waals surface area contributed by atoms with Gasteiger partial charge in [-0.2, -0.15) is 9.05 Å². The molecule has 17 heteroatoms. The molecule has 1 atom stereocenters. The van der Waals surface area contributed by atoms with E-state index in [4.69, 9.17) is 24.5 Å². The van der Waals surface area contributed by atoms with Crippen molar-refractivity contribution in [3.8, 4) is 0 Å². The Morgan fingerprint density at radius 1 is 0.778 bits per heavy atom. The number of rotatable bonds is 7. The lowest BCUT2D eigenvalue weighted by atomic mass is 11.3. The molecular weight excluding hydrogens is 335 g/mol. The van der Waals surface area contributed by atoms with E-state index in [-0.39, 0.29) is 0 Å². The molecule has 12 nitrogen and oxygen atoms in total. The Kier molecular flexibility index (Phi) is 5.73. The standard InChI is InChI=1S/CH5F2O12P3/c2-1(3,12-16(4,5)6)13-18(10,11)15-14-17(7,8)9/h(H,10,11)(H2,4,5,6)(H2,7,8,9). The zero-order valence-electron chi connectivity index (χ0n) is 7.69. The second-order valence-electron chi connectivity index (χ2n) is 2.24. The van der Waals surface area contributed by atoms with Crippen LogP contribution in [0.2, 0.25) is 0 Å². The molecule has 0 aliphatic rings. The summed E-state index contributed by atoms with van der Waals surface area (Å²) in [5.41, 5.74) is 0. The molecule has 0 saturated carbocycles. The molecule has 0 spiro atoms. The molecule has 0 aromatic heterocycles. The average molecular weight is 340 g/mol. The Balaban J connectivity index is 4.62. The van der Waals surface area contributed by atoms with Gasteiger partial charge in [0.1, 0.15) is 0 Å². The number of phosphoric acid groups is 3. The molecule has 0 amide bonds. The molecule has 0 aromatic rings. The minimum Gasteiger partial charge on any atom is -0.302 e. The highest BCUT2D eigenvalue weighted by molar-refractivity contribution is 7.49. The third kappa shape index (κ3) is 10.1. The zero-order chi connectivity index (χ0) is 14.8. The second-order valence-corrected chi connectivity index (χ2v) is 5.81. The largest absolute Gasteiger partial charge is 0.506 e. The van der Waals surface area contributed by atoms with Gasteiger partial charge in [0.25, 0.3) is 0 Å². The molecule has 0 aliphatic carbocycles. The third-order valence-electron chi connectivity index (χ3n) is 0.671. The van der Waals surface area contributed by atoms with Crippen LogP contribution in [0.1, 0.15) is 0 Å². The van der Waals surface area contributed by atoms with Crippen LogP contribution in [0.15, 0.2) is 0 Å². The summed E-state index contributed by atoms with van der Waals surface area (Å²) in [5.74, 6) is 0. The van der Waals surface area contributed by atoms with Crippen LogP contribution in [-0.4, -0.2) is 30.8 Å². The van der Waals surface area contributed by atoms with Gasteiger partial charge >= 0.3 is 29.8 Å². The summed E-state index contributed by atoms with van der Waals surface area (Å²) in [5, 5.41) is 0. The van der Waals surface area contributed by atoms with Crippen LogP contribution in [0.25, 0.3) is 0 Å². The quantitative estimate of drug-likeness (QED) is 0.178. The predicted octanol–water partition coefficient (Wildman–Crippen LogP) is -0.196. The predicted molar refractivity (Wildman–Crippen MR) is 43.2 cm³/mol. The minimum atomic E-state index is -5.93. The van der Waals surface area contributed by atoms with Gasteiger partial charge in [0, 0.05) is 0 Å². The van der Waals surface area contributed by atoms with Crippen molar-refractivity contribution in [3.63, 3.8) is 0 Å². The number of hydrogen-bond donors (Lipinski definition) is 5. The fraction of sp³-hybridized carbons (Fsp3) is 1.00. The van der Waals surface area contributed by atoms with Crippen molar-refractivity contribution in [1.29, 1.82) is 0 Å². The van der Waals surface area contributed by atoms with E-state index in [0.717, 1.165) is 0 Å². The third-order valence-corrected chi connectivity index (χ3v) is 2.21. The summed E-state index contributed by atoms with van der Waals surface area (Å²) >= 11 is 0. The first-order valence-electron chi connectivity index (χ1n) is 3.23. The molecule has 0 rings (SSSR count). The molecule has 5 N–H and O–H groups in total. The van der Waals surface area contributed by atoms with Crippen LogP contribution in [-0.2, 0) is 32.1 Å². The van der Waals surface area contributed by atoms with E-state index in [0.29, 0.717) is 0 Å². The Morgan fingerprint density at radius 3 is 1.56 bits per heavy atom. The van der Waals surface area contributed by atoms with Gasteiger partial charge in [-0.3, -0.25) is 0 Å². The van der Waals surface area contributed by atoms with Gasteiger partial charge in [-0.1, -0.05) is 0 Å². The van der Waals surface area contributed by atoms with Crippen LogP contribution < -0.4 is 0 Å². The van der Waals surface area contributed by atoms with Crippen LogP contribution in [0.5, 0.6) is 0 Å². The Hall–Kier alpha value is 0.190. The SMILES string of the molecule is O=P(O)(O)OOP(=O)(O)OC(F)(F)OP(=O)(O)O. The first-order valence-corrected chi connectivity index (χ1v) is 7.79. The molecule has 0 aromatic carbocycles. The molecule has 110 valence electrons.